The molecule has 1 heterocycles. The van der Waals surface area contributed by atoms with Gasteiger partial charge in [0.2, 0.25) is 0 Å². The van der Waals surface area contributed by atoms with Gasteiger partial charge in [0.1, 0.15) is 12.4 Å². The maximum atomic E-state index is 11.0. The van der Waals surface area contributed by atoms with Crippen molar-refractivity contribution in [3.63, 3.8) is 0 Å². The fraction of sp³-hybridized carbons (Fsp3) is 0.692. The van der Waals surface area contributed by atoms with E-state index in [1.807, 2.05) is 20.8 Å². The first-order valence-corrected chi connectivity index (χ1v) is 6.45. The molecule has 1 N–H and O–H groups in total. The van der Waals surface area contributed by atoms with Crippen molar-refractivity contribution >= 4 is 5.97 Å². The van der Waals surface area contributed by atoms with Crippen LogP contribution < -0.4 is 5.32 Å². The van der Waals surface area contributed by atoms with Crippen molar-refractivity contribution in [3.8, 4) is 0 Å². The van der Waals surface area contributed by atoms with Gasteiger partial charge in [-0.3, -0.25) is 0 Å². The first-order chi connectivity index (χ1) is 9.06. The molecule has 0 amide bonds. The van der Waals surface area contributed by atoms with E-state index in [-0.39, 0.29) is 18.6 Å². The molecule has 108 valence electrons. The highest BCUT2D eigenvalue weighted by Crippen LogP contribution is 2.20. The van der Waals surface area contributed by atoms with Crippen molar-refractivity contribution in [2.45, 2.75) is 33.7 Å². The Morgan fingerprint density at radius 1 is 1.47 bits per heavy atom. The maximum absolute atomic E-state index is 11.0. The number of esters is 1. The molecule has 0 saturated carbocycles. The summed E-state index contributed by atoms with van der Waals surface area (Å²) in [5, 5.41) is 7.21. The standard InChI is InChI=1S/C13H22N2O4/c1-5-18-12(16)8-17-7-6-14-9(2)13-10(3)15-19-11(13)4/h9,14H,5-8H2,1-4H3. The fourth-order valence-electron chi connectivity index (χ4n) is 1.92. The second kappa shape index (κ2) is 7.91. The van der Waals surface area contributed by atoms with Crippen molar-refractivity contribution < 1.29 is 18.8 Å². The summed E-state index contributed by atoms with van der Waals surface area (Å²) >= 11 is 0. The fourth-order valence-corrected chi connectivity index (χ4v) is 1.92. The molecule has 0 bridgehead atoms. The van der Waals surface area contributed by atoms with Gasteiger partial charge in [-0.05, 0) is 27.7 Å². The highest BCUT2D eigenvalue weighted by molar-refractivity contribution is 5.70. The molecule has 19 heavy (non-hydrogen) atoms. The minimum atomic E-state index is -0.332. The van der Waals surface area contributed by atoms with Crippen LogP contribution in [0.5, 0.6) is 0 Å². The molecular weight excluding hydrogens is 248 g/mol. The summed E-state index contributed by atoms with van der Waals surface area (Å²) in [7, 11) is 0. The monoisotopic (exact) mass is 270 g/mol. The largest absolute Gasteiger partial charge is 0.464 e. The van der Waals surface area contributed by atoms with E-state index in [4.69, 9.17) is 14.0 Å². The summed E-state index contributed by atoms with van der Waals surface area (Å²) in [4.78, 5) is 11.0. The molecule has 0 aromatic carbocycles. The van der Waals surface area contributed by atoms with Crippen LogP contribution >= 0.6 is 0 Å². The van der Waals surface area contributed by atoms with Gasteiger partial charge in [0.15, 0.2) is 0 Å². The second-order valence-electron chi connectivity index (χ2n) is 4.27. The highest BCUT2D eigenvalue weighted by atomic mass is 16.6. The van der Waals surface area contributed by atoms with Crippen LogP contribution in [0.15, 0.2) is 4.52 Å². The molecule has 6 heteroatoms. The normalized spacial score (nSPS) is 12.4. The Bertz CT molecular complexity index is 384. The van der Waals surface area contributed by atoms with Gasteiger partial charge < -0.3 is 19.3 Å². The molecule has 0 radical (unpaired) electrons. The van der Waals surface area contributed by atoms with E-state index < -0.39 is 0 Å². The molecule has 1 aromatic rings. The first-order valence-electron chi connectivity index (χ1n) is 6.45. The highest BCUT2D eigenvalue weighted by Gasteiger charge is 2.15. The Labute approximate surface area is 113 Å². The predicted molar refractivity (Wildman–Crippen MR) is 69.8 cm³/mol. The summed E-state index contributed by atoms with van der Waals surface area (Å²) in [5.74, 6) is 0.492. The van der Waals surface area contributed by atoms with Gasteiger partial charge in [-0.1, -0.05) is 5.16 Å². The maximum Gasteiger partial charge on any atom is 0.332 e. The van der Waals surface area contributed by atoms with E-state index in [2.05, 4.69) is 10.5 Å². The van der Waals surface area contributed by atoms with Gasteiger partial charge >= 0.3 is 5.97 Å². The van der Waals surface area contributed by atoms with Gasteiger partial charge in [-0.2, -0.15) is 0 Å². The number of nitrogens with one attached hydrogen (secondary N) is 1. The summed E-state index contributed by atoms with van der Waals surface area (Å²) in [5.41, 5.74) is 1.97. The van der Waals surface area contributed by atoms with Crippen molar-refractivity contribution in [3.05, 3.63) is 17.0 Å². The number of rotatable bonds is 8. The quantitative estimate of drug-likeness (QED) is 0.570. The van der Waals surface area contributed by atoms with Gasteiger partial charge in [-0.15, -0.1) is 0 Å². The third-order valence-electron chi connectivity index (χ3n) is 2.74. The van der Waals surface area contributed by atoms with Crippen molar-refractivity contribution in [1.82, 2.24) is 10.5 Å². The zero-order chi connectivity index (χ0) is 14.3. The van der Waals surface area contributed by atoms with E-state index in [0.717, 1.165) is 17.0 Å². The van der Waals surface area contributed by atoms with Crippen molar-refractivity contribution in [1.29, 1.82) is 0 Å². The van der Waals surface area contributed by atoms with E-state index >= 15 is 0 Å². The Morgan fingerprint density at radius 2 is 2.21 bits per heavy atom. The summed E-state index contributed by atoms with van der Waals surface area (Å²) in [6.07, 6.45) is 0. The summed E-state index contributed by atoms with van der Waals surface area (Å²) in [6.45, 7) is 9.09. The molecule has 0 fully saturated rings. The number of nitrogens with zero attached hydrogens (tertiary/aromatic N) is 1. The second-order valence-corrected chi connectivity index (χ2v) is 4.27. The van der Waals surface area contributed by atoms with Gasteiger partial charge in [-0.25, -0.2) is 4.79 Å². The lowest BCUT2D eigenvalue weighted by Crippen LogP contribution is -2.25. The Morgan fingerprint density at radius 3 is 2.79 bits per heavy atom. The van der Waals surface area contributed by atoms with Crippen LogP contribution in [-0.2, 0) is 14.3 Å². The molecule has 0 aliphatic carbocycles. The lowest BCUT2D eigenvalue weighted by Gasteiger charge is -2.13. The average Bonchev–Trinajstić information content (AvgIpc) is 2.69. The van der Waals surface area contributed by atoms with Crippen LogP contribution in [0.2, 0.25) is 0 Å². The third kappa shape index (κ3) is 5.00. The minimum absolute atomic E-state index is 0.00474. The molecule has 1 rings (SSSR count). The Kier molecular flexibility index (Phi) is 6.52. The minimum Gasteiger partial charge on any atom is -0.464 e. The molecule has 1 unspecified atom stereocenters. The number of aromatic nitrogens is 1. The van der Waals surface area contributed by atoms with Gasteiger partial charge in [0, 0.05) is 18.2 Å². The number of aryl methyl sites for hydroxylation is 2. The predicted octanol–water partition coefficient (Wildman–Crippen LogP) is 1.52. The summed E-state index contributed by atoms with van der Waals surface area (Å²) < 4.78 is 15.1. The van der Waals surface area contributed by atoms with Crippen LogP contribution in [0.25, 0.3) is 0 Å². The van der Waals surface area contributed by atoms with E-state index in [1.54, 1.807) is 6.92 Å². The molecule has 6 nitrogen and oxygen atoms in total. The van der Waals surface area contributed by atoms with Crippen molar-refractivity contribution in [2.75, 3.05) is 26.4 Å². The van der Waals surface area contributed by atoms with E-state index in [0.29, 0.717) is 19.8 Å². The molecule has 1 aromatic heterocycles. The topological polar surface area (TPSA) is 73.6 Å². The lowest BCUT2D eigenvalue weighted by atomic mass is 10.1. The van der Waals surface area contributed by atoms with E-state index in [1.165, 1.54) is 0 Å². The zero-order valence-electron chi connectivity index (χ0n) is 12.0. The molecular formula is C13H22N2O4. The molecule has 0 aliphatic rings. The Balaban J connectivity index is 2.21. The molecule has 0 saturated heterocycles. The average molecular weight is 270 g/mol. The number of hydrogen-bond donors (Lipinski definition) is 1. The zero-order valence-corrected chi connectivity index (χ0v) is 12.0. The van der Waals surface area contributed by atoms with Crippen LogP contribution in [0.3, 0.4) is 0 Å². The van der Waals surface area contributed by atoms with E-state index in [9.17, 15) is 4.79 Å². The van der Waals surface area contributed by atoms with Crippen LogP contribution in [0.4, 0.5) is 0 Å². The van der Waals surface area contributed by atoms with Crippen LogP contribution in [-0.4, -0.2) is 37.5 Å². The van der Waals surface area contributed by atoms with Gasteiger partial charge in [0.25, 0.3) is 0 Å². The third-order valence-corrected chi connectivity index (χ3v) is 2.74. The van der Waals surface area contributed by atoms with Crippen molar-refractivity contribution in [2.24, 2.45) is 0 Å². The van der Waals surface area contributed by atoms with Crippen LogP contribution in [0.1, 0.15) is 36.9 Å². The number of hydrogen-bond acceptors (Lipinski definition) is 6. The first kappa shape index (κ1) is 15.7. The molecule has 0 aliphatic heterocycles. The van der Waals surface area contributed by atoms with Gasteiger partial charge in [0.05, 0.1) is 18.9 Å². The number of ether oxygens (including phenoxy) is 2. The smallest absolute Gasteiger partial charge is 0.332 e. The molecule has 0 spiro atoms. The number of carbonyl (C=O) groups is 1. The molecule has 1 atom stereocenters. The summed E-state index contributed by atoms with van der Waals surface area (Å²) in [6, 6.07) is 0.137. The van der Waals surface area contributed by atoms with Crippen LogP contribution in [0, 0.1) is 13.8 Å². The lowest BCUT2D eigenvalue weighted by molar-refractivity contribution is -0.148. The SMILES string of the molecule is CCOC(=O)COCCNC(C)c1c(C)noc1C. The number of carbonyl (C=O) groups excluding carboxylic acids is 1. The Hall–Kier alpha value is -1.40.